The number of hydrogen-bond donors (Lipinski definition) is 2. The highest BCUT2D eigenvalue weighted by atomic mass is 19.1. The molecular formula is C22H17FN2O2. The molecule has 0 heterocycles. The van der Waals surface area contributed by atoms with E-state index in [1.165, 1.54) is 18.2 Å². The van der Waals surface area contributed by atoms with Gasteiger partial charge in [-0.15, -0.1) is 0 Å². The summed E-state index contributed by atoms with van der Waals surface area (Å²) in [7, 11) is 0. The van der Waals surface area contributed by atoms with Crippen LogP contribution >= 0.6 is 0 Å². The average molecular weight is 360 g/mol. The van der Waals surface area contributed by atoms with Crippen molar-refractivity contribution in [2.75, 3.05) is 0 Å². The van der Waals surface area contributed by atoms with E-state index in [0.717, 1.165) is 28.3 Å². The number of rotatable bonds is 4. The first-order valence-electron chi connectivity index (χ1n) is 8.60. The van der Waals surface area contributed by atoms with Gasteiger partial charge in [0, 0.05) is 11.5 Å². The second kappa shape index (κ2) is 6.68. The molecule has 3 N–H and O–H groups in total. The molecule has 1 atom stereocenters. The zero-order valence-electron chi connectivity index (χ0n) is 14.4. The van der Waals surface area contributed by atoms with Crippen molar-refractivity contribution >= 4 is 11.8 Å². The fraction of sp³-hybridized carbons (Fsp3) is 0.0909. The molecule has 0 radical (unpaired) electrons. The summed E-state index contributed by atoms with van der Waals surface area (Å²) in [6, 6.07) is 19.9. The molecule has 2 amide bonds. The first kappa shape index (κ1) is 17.0. The van der Waals surface area contributed by atoms with Gasteiger partial charge in [0.2, 0.25) is 5.91 Å². The zero-order chi connectivity index (χ0) is 19.0. The van der Waals surface area contributed by atoms with Crippen LogP contribution in [0.5, 0.6) is 0 Å². The van der Waals surface area contributed by atoms with Crippen molar-refractivity contribution in [2.45, 2.75) is 12.0 Å². The van der Waals surface area contributed by atoms with E-state index in [2.05, 4.69) is 5.32 Å². The molecule has 134 valence electrons. The number of hydrogen-bond acceptors (Lipinski definition) is 2. The van der Waals surface area contributed by atoms with E-state index in [1.807, 2.05) is 48.5 Å². The van der Waals surface area contributed by atoms with Crippen LogP contribution in [0.2, 0.25) is 0 Å². The predicted molar refractivity (Wildman–Crippen MR) is 101 cm³/mol. The summed E-state index contributed by atoms with van der Waals surface area (Å²) in [6.07, 6.45) is 0. The molecule has 3 aromatic carbocycles. The number of carbonyl (C=O) groups excluding carboxylic acids is 2. The minimum atomic E-state index is -0.953. The summed E-state index contributed by atoms with van der Waals surface area (Å²) >= 11 is 0. The zero-order valence-corrected chi connectivity index (χ0v) is 14.4. The first-order valence-corrected chi connectivity index (χ1v) is 8.60. The van der Waals surface area contributed by atoms with Gasteiger partial charge in [0.1, 0.15) is 11.9 Å². The summed E-state index contributed by atoms with van der Waals surface area (Å²) in [6.45, 7) is 0. The molecular weight excluding hydrogens is 343 g/mol. The van der Waals surface area contributed by atoms with Gasteiger partial charge in [0.15, 0.2) is 0 Å². The van der Waals surface area contributed by atoms with Gasteiger partial charge in [0.25, 0.3) is 5.91 Å². The van der Waals surface area contributed by atoms with E-state index < -0.39 is 29.6 Å². The Hall–Kier alpha value is -3.47. The third kappa shape index (κ3) is 2.97. The standard InChI is InChI=1S/C22H17FN2O2/c23-14-7-5-6-13(12-14)22(27)25-20(21(24)26)19-17-10-3-1-8-15(17)16-9-2-4-11-18(16)19/h1-12,19-20H,(H2,24,26)(H,25,27)/t20-/m0/s1. The van der Waals surface area contributed by atoms with E-state index in [9.17, 15) is 14.0 Å². The third-order valence-electron chi connectivity index (χ3n) is 4.90. The fourth-order valence-electron chi connectivity index (χ4n) is 3.73. The molecule has 0 saturated heterocycles. The molecule has 1 aliphatic carbocycles. The molecule has 0 aliphatic heterocycles. The van der Waals surface area contributed by atoms with Gasteiger partial charge in [-0.3, -0.25) is 9.59 Å². The minimum absolute atomic E-state index is 0.140. The lowest BCUT2D eigenvalue weighted by molar-refractivity contribution is -0.120. The SMILES string of the molecule is NC(=O)[C@@H](NC(=O)c1cccc(F)c1)C1c2ccccc2-c2ccccc21. The Bertz CT molecular complexity index is 1000. The largest absolute Gasteiger partial charge is 0.368 e. The highest BCUT2D eigenvalue weighted by Crippen LogP contribution is 2.46. The Balaban J connectivity index is 1.75. The second-order valence-electron chi connectivity index (χ2n) is 6.52. The first-order chi connectivity index (χ1) is 13.1. The molecule has 0 aromatic heterocycles. The molecule has 0 unspecified atom stereocenters. The molecule has 1 aliphatic rings. The summed E-state index contributed by atoms with van der Waals surface area (Å²) < 4.78 is 13.4. The summed E-state index contributed by atoms with van der Waals surface area (Å²) in [4.78, 5) is 24.9. The number of fused-ring (bicyclic) bond motifs is 3. The maximum atomic E-state index is 13.4. The van der Waals surface area contributed by atoms with E-state index >= 15 is 0 Å². The molecule has 0 spiro atoms. The summed E-state index contributed by atoms with van der Waals surface area (Å²) in [5, 5.41) is 2.70. The summed E-state index contributed by atoms with van der Waals surface area (Å²) in [5.41, 5.74) is 9.70. The smallest absolute Gasteiger partial charge is 0.252 e. The monoisotopic (exact) mass is 360 g/mol. The van der Waals surface area contributed by atoms with Gasteiger partial charge in [-0.1, -0.05) is 54.6 Å². The molecule has 0 bridgehead atoms. The van der Waals surface area contributed by atoms with Crippen molar-refractivity contribution in [3.05, 3.63) is 95.3 Å². The summed E-state index contributed by atoms with van der Waals surface area (Å²) in [5.74, 6) is -2.10. The van der Waals surface area contributed by atoms with Crippen LogP contribution in [0.15, 0.2) is 72.8 Å². The Morgan fingerprint density at radius 2 is 1.48 bits per heavy atom. The lowest BCUT2D eigenvalue weighted by Gasteiger charge is -2.24. The van der Waals surface area contributed by atoms with Crippen LogP contribution in [-0.2, 0) is 4.79 Å². The molecule has 3 aromatic rings. The number of nitrogens with two attached hydrogens (primary N) is 1. The number of primary amides is 1. The van der Waals surface area contributed by atoms with Crippen molar-refractivity contribution in [2.24, 2.45) is 5.73 Å². The fourth-order valence-corrected chi connectivity index (χ4v) is 3.73. The van der Waals surface area contributed by atoms with Crippen molar-refractivity contribution in [3.63, 3.8) is 0 Å². The minimum Gasteiger partial charge on any atom is -0.368 e. The maximum Gasteiger partial charge on any atom is 0.252 e. The number of nitrogens with one attached hydrogen (secondary N) is 1. The molecule has 27 heavy (non-hydrogen) atoms. The number of halogens is 1. The number of carbonyl (C=O) groups is 2. The topological polar surface area (TPSA) is 72.2 Å². The third-order valence-corrected chi connectivity index (χ3v) is 4.90. The van der Waals surface area contributed by atoms with Gasteiger partial charge < -0.3 is 11.1 Å². The van der Waals surface area contributed by atoms with Crippen molar-refractivity contribution in [3.8, 4) is 11.1 Å². The van der Waals surface area contributed by atoms with E-state index in [0.29, 0.717) is 0 Å². The van der Waals surface area contributed by atoms with Gasteiger partial charge in [-0.05, 0) is 40.5 Å². The van der Waals surface area contributed by atoms with Crippen LogP contribution in [0.1, 0.15) is 27.4 Å². The quantitative estimate of drug-likeness (QED) is 0.750. The Morgan fingerprint density at radius 3 is 2.04 bits per heavy atom. The average Bonchev–Trinajstić information content (AvgIpc) is 3.00. The maximum absolute atomic E-state index is 13.4. The van der Waals surface area contributed by atoms with E-state index in [4.69, 9.17) is 5.73 Å². The number of benzene rings is 3. The molecule has 4 rings (SSSR count). The molecule has 5 heteroatoms. The Kier molecular flexibility index (Phi) is 4.20. The van der Waals surface area contributed by atoms with Gasteiger partial charge in [-0.25, -0.2) is 4.39 Å². The van der Waals surface area contributed by atoms with Gasteiger partial charge in [-0.2, -0.15) is 0 Å². The van der Waals surface area contributed by atoms with Crippen LogP contribution in [-0.4, -0.2) is 17.9 Å². The Morgan fingerprint density at radius 1 is 0.889 bits per heavy atom. The van der Waals surface area contributed by atoms with E-state index in [-0.39, 0.29) is 5.56 Å². The molecule has 0 saturated carbocycles. The van der Waals surface area contributed by atoms with Crippen LogP contribution in [0.25, 0.3) is 11.1 Å². The lowest BCUT2D eigenvalue weighted by Crippen LogP contribution is -2.48. The molecule has 4 nitrogen and oxygen atoms in total. The highest BCUT2D eigenvalue weighted by Gasteiger charge is 2.37. The number of amides is 2. The van der Waals surface area contributed by atoms with Crippen LogP contribution < -0.4 is 11.1 Å². The normalized spacial score (nSPS) is 13.5. The van der Waals surface area contributed by atoms with Crippen LogP contribution in [0.4, 0.5) is 4.39 Å². The molecule has 0 fully saturated rings. The van der Waals surface area contributed by atoms with Gasteiger partial charge >= 0.3 is 0 Å². The van der Waals surface area contributed by atoms with Crippen molar-refractivity contribution in [1.82, 2.24) is 5.32 Å². The van der Waals surface area contributed by atoms with Crippen LogP contribution in [0, 0.1) is 5.82 Å². The van der Waals surface area contributed by atoms with Crippen molar-refractivity contribution < 1.29 is 14.0 Å². The highest BCUT2D eigenvalue weighted by molar-refractivity contribution is 5.98. The van der Waals surface area contributed by atoms with Crippen molar-refractivity contribution in [1.29, 1.82) is 0 Å². The lowest BCUT2D eigenvalue weighted by atomic mass is 9.88. The van der Waals surface area contributed by atoms with Crippen LogP contribution in [0.3, 0.4) is 0 Å². The Labute approximate surface area is 155 Å². The van der Waals surface area contributed by atoms with E-state index in [1.54, 1.807) is 0 Å². The predicted octanol–water partition coefficient (Wildman–Crippen LogP) is 3.22. The second-order valence-corrected chi connectivity index (χ2v) is 6.52. The van der Waals surface area contributed by atoms with Gasteiger partial charge in [0.05, 0.1) is 0 Å².